The minimum atomic E-state index is -4.95. The molecule has 0 rings (SSSR count). The Morgan fingerprint density at radius 1 is 0.297 bits per heavy atom. The summed E-state index contributed by atoms with van der Waals surface area (Å²) in [4.78, 5) is 72.4. The van der Waals surface area contributed by atoms with Gasteiger partial charge in [0.1, 0.15) is 19.3 Å². The molecule has 17 nitrogen and oxygen atoms in total. The number of aliphatic hydroxyl groups excluding tert-OH is 1. The van der Waals surface area contributed by atoms with E-state index >= 15 is 0 Å². The van der Waals surface area contributed by atoms with Crippen molar-refractivity contribution in [3.63, 3.8) is 0 Å². The van der Waals surface area contributed by atoms with E-state index in [-0.39, 0.29) is 25.7 Å². The standard InChI is InChI=1S/C72H140O17P2/c1-7-9-11-13-15-16-17-18-19-20-21-22-23-26-30-33-37-44-50-56-71(76)88-67(61-83-70(75)55-49-43-36-32-29-27-24-25-28-31-35-40-46-52-64(3)4)62-86-90(78,79)84-58-66(73)59-85-91(80,81)87-63-68(60-82-69(74)54-48-42-34-14-12-10-8-2)89-72(77)57-51-45-39-38-41-47-53-65(5)6/h64-68,73H,7-63H2,1-6H3,(H,78,79)(H,80,81)/t66-,67-,68-/m1/s1. The van der Waals surface area contributed by atoms with E-state index in [0.29, 0.717) is 31.6 Å². The predicted molar refractivity (Wildman–Crippen MR) is 368 cm³/mol. The van der Waals surface area contributed by atoms with Crippen molar-refractivity contribution in [2.75, 3.05) is 39.6 Å². The first-order valence-electron chi connectivity index (χ1n) is 37.5. The Morgan fingerprint density at radius 2 is 0.505 bits per heavy atom. The van der Waals surface area contributed by atoms with Gasteiger partial charge >= 0.3 is 39.5 Å². The molecule has 0 aromatic carbocycles. The van der Waals surface area contributed by atoms with Gasteiger partial charge in [-0.1, -0.05) is 318 Å². The first-order chi connectivity index (χ1) is 43.9. The van der Waals surface area contributed by atoms with E-state index in [4.69, 9.17) is 37.0 Å². The van der Waals surface area contributed by atoms with Crippen LogP contribution in [0.25, 0.3) is 0 Å². The monoisotopic (exact) mass is 1340 g/mol. The zero-order valence-electron chi connectivity index (χ0n) is 59.1. The summed E-state index contributed by atoms with van der Waals surface area (Å²) in [5.41, 5.74) is 0. The van der Waals surface area contributed by atoms with Crippen molar-refractivity contribution in [2.24, 2.45) is 11.8 Å². The normalized spacial score (nSPS) is 14.1. The average molecular weight is 1340 g/mol. The third-order valence-corrected chi connectivity index (χ3v) is 18.6. The smallest absolute Gasteiger partial charge is 0.462 e. The molecule has 19 heteroatoms. The Morgan fingerprint density at radius 3 is 0.747 bits per heavy atom. The van der Waals surface area contributed by atoms with E-state index in [1.807, 2.05) is 0 Å². The number of phosphoric acid groups is 2. The van der Waals surface area contributed by atoms with Gasteiger partial charge in [-0.2, -0.15) is 0 Å². The van der Waals surface area contributed by atoms with Crippen LogP contribution in [0, 0.1) is 11.8 Å². The Labute approximate surface area is 556 Å². The maximum Gasteiger partial charge on any atom is 0.472 e. The number of phosphoric ester groups is 2. The fourth-order valence-electron chi connectivity index (χ4n) is 10.9. The summed E-state index contributed by atoms with van der Waals surface area (Å²) in [6.07, 6.45) is 50.4. The van der Waals surface area contributed by atoms with Gasteiger partial charge in [0.2, 0.25) is 0 Å². The largest absolute Gasteiger partial charge is 0.472 e. The summed E-state index contributed by atoms with van der Waals surface area (Å²) < 4.78 is 68.2. The molecule has 2 unspecified atom stereocenters. The van der Waals surface area contributed by atoms with Crippen molar-refractivity contribution in [3.8, 4) is 0 Å². The molecule has 0 amide bonds. The van der Waals surface area contributed by atoms with Crippen LogP contribution in [0.1, 0.15) is 369 Å². The van der Waals surface area contributed by atoms with E-state index in [9.17, 15) is 43.2 Å². The molecule has 0 bridgehead atoms. The molecular weight excluding hydrogens is 1200 g/mol. The predicted octanol–water partition coefficient (Wildman–Crippen LogP) is 20.8. The summed E-state index contributed by atoms with van der Waals surface area (Å²) >= 11 is 0. The summed E-state index contributed by atoms with van der Waals surface area (Å²) in [5.74, 6) is -0.670. The number of hydrogen-bond acceptors (Lipinski definition) is 15. The van der Waals surface area contributed by atoms with Gasteiger partial charge in [-0.3, -0.25) is 37.3 Å². The molecule has 0 aromatic heterocycles. The second-order valence-electron chi connectivity index (χ2n) is 26.9. The Hall–Kier alpha value is -1.94. The second-order valence-corrected chi connectivity index (χ2v) is 29.8. The molecule has 0 radical (unpaired) electrons. The number of rotatable bonds is 71. The van der Waals surface area contributed by atoms with Gasteiger partial charge in [0, 0.05) is 25.7 Å². The number of ether oxygens (including phenoxy) is 4. The third-order valence-electron chi connectivity index (χ3n) is 16.7. The van der Waals surface area contributed by atoms with E-state index in [1.165, 1.54) is 173 Å². The van der Waals surface area contributed by atoms with Crippen molar-refractivity contribution in [1.29, 1.82) is 0 Å². The molecule has 0 aromatic rings. The Balaban J connectivity index is 5.17. The molecule has 3 N–H and O–H groups in total. The number of carbonyl (C=O) groups is 4. The van der Waals surface area contributed by atoms with Crippen LogP contribution in [0.4, 0.5) is 0 Å². The van der Waals surface area contributed by atoms with Gasteiger partial charge in [0.05, 0.1) is 26.4 Å². The fourth-order valence-corrected chi connectivity index (χ4v) is 12.5. The van der Waals surface area contributed by atoms with Gasteiger partial charge in [0.15, 0.2) is 12.2 Å². The van der Waals surface area contributed by atoms with Crippen LogP contribution in [0.5, 0.6) is 0 Å². The second kappa shape index (κ2) is 64.1. The van der Waals surface area contributed by atoms with E-state index in [0.717, 1.165) is 109 Å². The molecule has 0 spiro atoms. The summed E-state index contributed by atoms with van der Waals surface area (Å²) in [6.45, 7) is 9.45. The Bertz CT molecular complexity index is 1770. The topological polar surface area (TPSA) is 237 Å². The SMILES string of the molecule is CCCCCCCCCCCCCCCCCCCCCC(=O)O[C@H](COC(=O)CCCCCCCCCCCCCCCC(C)C)COP(=O)(O)OC[C@@H](O)COP(=O)(O)OC[C@@H](COC(=O)CCCCCCCCC)OC(=O)CCCCCCCCC(C)C. The number of aliphatic hydroxyl groups is 1. The van der Waals surface area contributed by atoms with Gasteiger partial charge in [-0.25, -0.2) is 9.13 Å². The van der Waals surface area contributed by atoms with Crippen LogP contribution in [0.3, 0.4) is 0 Å². The Kier molecular flexibility index (Phi) is 62.7. The molecule has 0 aliphatic rings. The number of unbranched alkanes of at least 4 members (excludes halogenated alkanes) is 41. The van der Waals surface area contributed by atoms with E-state index in [2.05, 4.69) is 41.5 Å². The van der Waals surface area contributed by atoms with Gasteiger partial charge in [0.25, 0.3) is 0 Å². The van der Waals surface area contributed by atoms with Crippen LogP contribution < -0.4 is 0 Å². The van der Waals surface area contributed by atoms with Crippen molar-refractivity contribution in [1.82, 2.24) is 0 Å². The van der Waals surface area contributed by atoms with Crippen molar-refractivity contribution < 1.29 is 80.2 Å². The van der Waals surface area contributed by atoms with E-state index in [1.54, 1.807) is 0 Å². The molecule has 0 saturated carbocycles. The summed E-state index contributed by atoms with van der Waals surface area (Å²) in [6, 6.07) is 0. The van der Waals surface area contributed by atoms with Crippen LogP contribution in [-0.2, 0) is 65.4 Å². The zero-order valence-corrected chi connectivity index (χ0v) is 60.9. The number of hydrogen-bond donors (Lipinski definition) is 3. The number of carbonyl (C=O) groups excluding carboxylic acids is 4. The molecule has 540 valence electrons. The lowest BCUT2D eigenvalue weighted by molar-refractivity contribution is -0.161. The number of esters is 4. The minimum absolute atomic E-state index is 0.102. The maximum atomic E-state index is 13.1. The van der Waals surface area contributed by atoms with Crippen molar-refractivity contribution in [2.45, 2.75) is 387 Å². The third kappa shape index (κ3) is 66.5. The molecular formula is C72H140O17P2. The molecule has 0 heterocycles. The van der Waals surface area contributed by atoms with Crippen LogP contribution in [0.2, 0.25) is 0 Å². The van der Waals surface area contributed by atoms with E-state index < -0.39 is 97.5 Å². The molecule has 0 aliphatic heterocycles. The summed E-state index contributed by atoms with van der Waals surface area (Å²) in [7, 11) is -9.90. The first-order valence-corrected chi connectivity index (χ1v) is 40.5. The highest BCUT2D eigenvalue weighted by molar-refractivity contribution is 7.47. The minimum Gasteiger partial charge on any atom is -0.462 e. The average Bonchev–Trinajstić information content (AvgIpc) is 2.65. The molecule has 0 aliphatic carbocycles. The van der Waals surface area contributed by atoms with Crippen molar-refractivity contribution >= 4 is 39.5 Å². The van der Waals surface area contributed by atoms with Crippen LogP contribution in [-0.4, -0.2) is 96.7 Å². The summed E-state index contributed by atoms with van der Waals surface area (Å²) in [5, 5.41) is 10.6. The van der Waals surface area contributed by atoms with Crippen LogP contribution >= 0.6 is 15.6 Å². The first kappa shape index (κ1) is 89.1. The lowest BCUT2D eigenvalue weighted by atomic mass is 10.0. The molecule has 0 fully saturated rings. The maximum absolute atomic E-state index is 13.1. The van der Waals surface area contributed by atoms with Gasteiger partial charge in [-0.15, -0.1) is 0 Å². The highest BCUT2D eigenvalue weighted by Crippen LogP contribution is 2.45. The fraction of sp³-hybridized carbons (Fsp3) is 0.944. The lowest BCUT2D eigenvalue weighted by Gasteiger charge is -2.21. The lowest BCUT2D eigenvalue weighted by Crippen LogP contribution is -2.30. The van der Waals surface area contributed by atoms with Gasteiger partial charge < -0.3 is 33.8 Å². The zero-order chi connectivity index (χ0) is 67.2. The highest BCUT2D eigenvalue weighted by atomic mass is 31.2. The van der Waals surface area contributed by atoms with Gasteiger partial charge in [-0.05, 0) is 37.5 Å². The quantitative estimate of drug-likeness (QED) is 0.0222. The van der Waals surface area contributed by atoms with Crippen LogP contribution in [0.15, 0.2) is 0 Å². The van der Waals surface area contributed by atoms with Crippen molar-refractivity contribution in [3.05, 3.63) is 0 Å². The highest BCUT2D eigenvalue weighted by Gasteiger charge is 2.30. The molecule has 5 atom stereocenters. The molecule has 0 saturated heterocycles. The molecule has 91 heavy (non-hydrogen) atoms.